The molecule has 0 radical (unpaired) electrons. The van der Waals surface area contributed by atoms with Crippen LogP contribution in [0, 0.1) is 17.8 Å². The number of hydrogen-bond acceptors (Lipinski definition) is 2. The van der Waals surface area contributed by atoms with Crippen molar-refractivity contribution >= 4 is 0 Å². The molecule has 1 atom stereocenters. The summed E-state index contributed by atoms with van der Waals surface area (Å²) in [5.74, 6) is 2.35. The van der Waals surface area contributed by atoms with E-state index in [1.165, 1.54) is 25.7 Å². The van der Waals surface area contributed by atoms with Gasteiger partial charge in [0.15, 0.2) is 0 Å². The van der Waals surface area contributed by atoms with Crippen molar-refractivity contribution in [2.24, 2.45) is 23.5 Å². The molecule has 1 heterocycles. The van der Waals surface area contributed by atoms with Crippen LogP contribution in [-0.4, -0.2) is 9.55 Å². The Bertz CT molecular complexity index is 362. The van der Waals surface area contributed by atoms with Gasteiger partial charge in [-0.1, -0.05) is 13.8 Å². The van der Waals surface area contributed by atoms with Crippen LogP contribution in [-0.2, 0) is 6.54 Å². The Morgan fingerprint density at radius 1 is 1.28 bits per heavy atom. The second kappa shape index (κ2) is 5.87. The van der Waals surface area contributed by atoms with Crippen molar-refractivity contribution in [3.05, 3.63) is 18.2 Å². The zero-order chi connectivity index (χ0) is 13.1. The SMILES string of the molecule is CCn1cnc(C(N)C2CCC(C(C)C)CC2)c1. The first-order valence-electron chi connectivity index (χ1n) is 7.39. The molecule has 1 aromatic heterocycles. The number of aryl methyl sites for hydroxylation is 1. The molecule has 3 nitrogen and oxygen atoms in total. The number of hydrogen-bond donors (Lipinski definition) is 1. The van der Waals surface area contributed by atoms with E-state index in [0.29, 0.717) is 5.92 Å². The largest absolute Gasteiger partial charge is 0.337 e. The fourth-order valence-corrected chi connectivity index (χ4v) is 3.13. The summed E-state index contributed by atoms with van der Waals surface area (Å²) in [6.45, 7) is 7.78. The molecular weight excluding hydrogens is 222 g/mol. The predicted octanol–water partition coefficient (Wildman–Crippen LogP) is 3.37. The average molecular weight is 249 g/mol. The van der Waals surface area contributed by atoms with Crippen LogP contribution in [0.5, 0.6) is 0 Å². The second-order valence-corrected chi connectivity index (χ2v) is 6.07. The van der Waals surface area contributed by atoms with Crippen molar-refractivity contribution in [1.82, 2.24) is 9.55 Å². The smallest absolute Gasteiger partial charge is 0.0950 e. The van der Waals surface area contributed by atoms with Gasteiger partial charge in [-0.2, -0.15) is 0 Å². The van der Waals surface area contributed by atoms with Crippen molar-refractivity contribution in [2.45, 2.75) is 59.0 Å². The third kappa shape index (κ3) is 2.94. The zero-order valence-corrected chi connectivity index (χ0v) is 12.0. The van der Waals surface area contributed by atoms with E-state index in [-0.39, 0.29) is 6.04 Å². The van der Waals surface area contributed by atoms with E-state index in [4.69, 9.17) is 5.73 Å². The molecule has 1 fully saturated rings. The Morgan fingerprint density at radius 3 is 2.39 bits per heavy atom. The average Bonchev–Trinajstić information content (AvgIpc) is 2.86. The predicted molar refractivity (Wildman–Crippen MR) is 75.1 cm³/mol. The van der Waals surface area contributed by atoms with Crippen LogP contribution >= 0.6 is 0 Å². The number of nitrogens with zero attached hydrogens (tertiary/aromatic N) is 2. The van der Waals surface area contributed by atoms with Gasteiger partial charge in [0.1, 0.15) is 0 Å². The molecule has 1 aromatic rings. The molecule has 0 bridgehead atoms. The molecule has 1 aliphatic rings. The molecule has 1 unspecified atom stereocenters. The van der Waals surface area contributed by atoms with Crippen molar-refractivity contribution in [2.75, 3.05) is 0 Å². The van der Waals surface area contributed by atoms with Gasteiger partial charge in [-0.05, 0) is 50.4 Å². The highest BCUT2D eigenvalue weighted by molar-refractivity contribution is 5.05. The highest BCUT2D eigenvalue weighted by atomic mass is 15.0. The van der Waals surface area contributed by atoms with E-state index in [1.807, 2.05) is 6.33 Å². The van der Waals surface area contributed by atoms with Crippen molar-refractivity contribution in [3.63, 3.8) is 0 Å². The normalized spacial score (nSPS) is 26.5. The standard InChI is InChI=1S/C15H27N3/c1-4-18-9-14(17-10-18)15(16)13-7-5-12(6-8-13)11(2)3/h9-13,15H,4-8,16H2,1-3H3. The summed E-state index contributed by atoms with van der Waals surface area (Å²) in [6.07, 6.45) is 9.22. The van der Waals surface area contributed by atoms with Crippen LogP contribution in [0.3, 0.4) is 0 Å². The molecule has 2 N–H and O–H groups in total. The van der Waals surface area contributed by atoms with Gasteiger partial charge < -0.3 is 10.3 Å². The molecule has 0 spiro atoms. The minimum absolute atomic E-state index is 0.130. The van der Waals surface area contributed by atoms with Crippen LogP contribution in [0.25, 0.3) is 0 Å². The monoisotopic (exact) mass is 249 g/mol. The highest BCUT2D eigenvalue weighted by Gasteiger charge is 2.28. The van der Waals surface area contributed by atoms with E-state index in [2.05, 4.69) is 36.5 Å². The summed E-state index contributed by atoms with van der Waals surface area (Å²) in [4.78, 5) is 4.45. The van der Waals surface area contributed by atoms with Gasteiger partial charge in [-0.25, -0.2) is 4.98 Å². The molecule has 1 saturated carbocycles. The van der Waals surface area contributed by atoms with Gasteiger partial charge in [0.2, 0.25) is 0 Å². The first-order valence-corrected chi connectivity index (χ1v) is 7.39. The summed E-state index contributed by atoms with van der Waals surface area (Å²) in [5, 5.41) is 0. The van der Waals surface area contributed by atoms with Gasteiger partial charge in [0.05, 0.1) is 18.1 Å². The van der Waals surface area contributed by atoms with E-state index >= 15 is 0 Å². The van der Waals surface area contributed by atoms with Crippen LogP contribution < -0.4 is 5.73 Å². The molecule has 0 saturated heterocycles. The Balaban J connectivity index is 1.92. The van der Waals surface area contributed by atoms with E-state index in [9.17, 15) is 0 Å². The molecule has 2 rings (SSSR count). The lowest BCUT2D eigenvalue weighted by atomic mass is 9.74. The molecule has 3 heteroatoms. The maximum Gasteiger partial charge on any atom is 0.0950 e. The molecule has 1 aliphatic carbocycles. The summed E-state index contributed by atoms with van der Waals surface area (Å²) in [7, 11) is 0. The molecular formula is C15H27N3. The lowest BCUT2D eigenvalue weighted by Crippen LogP contribution is -2.27. The fourth-order valence-electron chi connectivity index (χ4n) is 3.13. The minimum atomic E-state index is 0.130. The first-order chi connectivity index (χ1) is 8.61. The maximum absolute atomic E-state index is 6.38. The number of rotatable bonds is 4. The van der Waals surface area contributed by atoms with E-state index in [0.717, 1.165) is 24.1 Å². The van der Waals surface area contributed by atoms with Crippen LogP contribution in [0.2, 0.25) is 0 Å². The van der Waals surface area contributed by atoms with Crippen molar-refractivity contribution in [1.29, 1.82) is 0 Å². The van der Waals surface area contributed by atoms with Crippen LogP contribution in [0.15, 0.2) is 12.5 Å². The molecule has 0 aliphatic heterocycles. The van der Waals surface area contributed by atoms with Gasteiger partial charge >= 0.3 is 0 Å². The van der Waals surface area contributed by atoms with Crippen molar-refractivity contribution in [3.8, 4) is 0 Å². The summed E-state index contributed by atoms with van der Waals surface area (Å²) < 4.78 is 2.11. The molecule has 18 heavy (non-hydrogen) atoms. The Morgan fingerprint density at radius 2 is 1.89 bits per heavy atom. The van der Waals surface area contributed by atoms with E-state index < -0.39 is 0 Å². The Labute approximate surface area is 111 Å². The van der Waals surface area contributed by atoms with E-state index in [1.54, 1.807) is 0 Å². The lowest BCUT2D eigenvalue weighted by Gasteiger charge is -2.33. The number of imidazole rings is 1. The molecule has 0 aromatic carbocycles. The maximum atomic E-state index is 6.38. The minimum Gasteiger partial charge on any atom is -0.337 e. The Hall–Kier alpha value is -0.830. The third-order valence-corrected chi connectivity index (χ3v) is 4.63. The third-order valence-electron chi connectivity index (χ3n) is 4.63. The molecule has 102 valence electrons. The summed E-state index contributed by atoms with van der Waals surface area (Å²) in [6, 6.07) is 0.130. The summed E-state index contributed by atoms with van der Waals surface area (Å²) in [5.41, 5.74) is 7.46. The highest BCUT2D eigenvalue weighted by Crippen LogP contribution is 2.37. The first kappa shape index (κ1) is 13.6. The topological polar surface area (TPSA) is 43.8 Å². The van der Waals surface area contributed by atoms with Gasteiger partial charge in [0, 0.05) is 12.7 Å². The second-order valence-electron chi connectivity index (χ2n) is 6.07. The zero-order valence-electron chi connectivity index (χ0n) is 12.0. The Kier molecular flexibility index (Phi) is 4.44. The number of nitrogens with two attached hydrogens (primary N) is 1. The van der Waals surface area contributed by atoms with Gasteiger partial charge in [-0.3, -0.25) is 0 Å². The fraction of sp³-hybridized carbons (Fsp3) is 0.800. The lowest BCUT2D eigenvalue weighted by molar-refractivity contribution is 0.202. The molecule has 0 amide bonds. The summed E-state index contributed by atoms with van der Waals surface area (Å²) >= 11 is 0. The van der Waals surface area contributed by atoms with Gasteiger partial charge in [0.25, 0.3) is 0 Å². The van der Waals surface area contributed by atoms with Crippen LogP contribution in [0.4, 0.5) is 0 Å². The number of aromatic nitrogens is 2. The van der Waals surface area contributed by atoms with Crippen molar-refractivity contribution < 1.29 is 0 Å². The van der Waals surface area contributed by atoms with Gasteiger partial charge in [-0.15, -0.1) is 0 Å². The van der Waals surface area contributed by atoms with Crippen LogP contribution in [0.1, 0.15) is 58.2 Å². The quantitative estimate of drug-likeness (QED) is 0.889.